The quantitative estimate of drug-likeness (QED) is 0.508. The first-order chi connectivity index (χ1) is 14.7. The third-order valence-corrected chi connectivity index (χ3v) is 9.63. The number of hydrogen-bond acceptors (Lipinski definition) is 5. The highest BCUT2D eigenvalue weighted by molar-refractivity contribution is 8.09. The molecule has 162 valence electrons. The second kappa shape index (κ2) is 8.64. The predicted octanol–water partition coefficient (Wildman–Crippen LogP) is 4.76. The van der Waals surface area contributed by atoms with Crippen molar-refractivity contribution >= 4 is 25.8 Å². The van der Waals surface area contributed by atoms with Crippen molar-refractivity contribution in [1.29, 1.82) is 0 Å². The first-order valence-corrected chi connectivity index (χ1v) is 12.3. The molecule has 5 nitrogen and oxygen atoms in total. The Morgan fingerprint density at radius 1 is 0.806 bits per heavy atom. The summed E-state index contributed by atoms with van der Waals surface area (Å²) in [4.78, 5) is -0.925. The van der Waals surface area contributed by atoms with E-state index in [1.807, 2.05) is 0 Å². The van der Waals surface area contributed by atoms with Crippen LogP contribution in [0.2, 0.25) is 0 Å². The number of halogens is 1. The summed E-state index contributed by atoms with van der Waals surface area (Å²) in [5.41, 5.74) is -0.190. The predicted molar refractivity (Wildman–Crippen MR) is 118 cm³/mol. The topological polar surface area (TPSA) is 77.5 Å². The van der Waals surface area contributed by atoms with Crippen LogP contribution in [-0.4, -0.2) is 23.9 Å². The third-order valence-electron chi connectivity index (χ3n) is 4.70. The zero-order valence-electron chi connectivity index (χ0n) is 16.9. The summed E-state index contributed by atoms with van der Waals surface area (Å²) in [6.07, 6.45) is 3.27. The molecule has 0 saturated heterocycles. The van der Waals surface area contributed by atoms with E-state index in [0.717, 1.165) is 24.3 Å². The zero-order chi connectivity index (χ0) is 22.7. The number of alkyl halides is 1. The maximum absolute atomic E-state index is 17.0. The monoisotopic (exact) mass is 460 g/mol. The van der Waals surface area contributed by atoms with Crippen LogP contribution in [0.15, 0.2) is 94.7 Å². The molecule has 0 N–H and O–H groups in total. The zero-order valence-corrected chi connectivity index (χ0v) is 18.5. The fourth-order valence-electron chi connectivity index (χ4n) is 3.19. The summed E-state index contributed by atoms with van der Waals surface area (Å²) >= 11 is 0. The minimum absolute atomic E-state index is 0.199. The van der Waals surface area contributed by atoms with Crippen LogP contribution in [0.25, 0.3) is 6.08 Å². The summed E-state index contributed by atoms with van der Waals surface area (Å²) in [5.74, 6) is -0.199. The molecule has 0 aromatic heterocycles. The minimum Gasteiger partial charge on any atom is -0.496 e. The first kappa shape index (κ1) is 22.7. The van der Waals surface area contributed by atoms with E-state index in [9.17, 15) is 16.8 Å². The van der Waals surface area contributed by atoms with Crippen LogP contribution in [0.1, 0.15) is 18.1 Å². The molecule has 0 atom stereocenters. The van der Waals surface area contributed by atoms with Gasteiger partial charge in [-0.15, -0.1) is 0 Å². The SMILES string of the molecule is CC=Cc1ccc(OC)c(C(F)(S(=O)(=O)c2ccccc2)S(=O)(=O)c2ccccc2)c1. The fourth-order valence-corrected chi connectivity index (χ4v) is 7.46. The Morgan fingerprint density at radius 2 is 1.29 bits per heavy atom. The lowest BCUT2D eigenvalue weighted by Gasteiger charge is -2.27. The molecule has 3 rings (SSSR count). The van der Waals surface area contributed by atoms with Crippen molar-refractivity contribution in [3.63, 3.8) is 0 Å². The van der Waals surface area contributed by atoms with Gasteiger partial charge in [-0.1, -0.05) is 54.6 Å². The van der Waals surface area contributed by atoms with E-state index in [0.29, 0.717) is 5.56 Å². The van der Waals surface area contributed by atoms with Crippen LogP contribution in [0.3, 0.4) is 0 Å². The lowest BCUT2D eigenvalue weighted by molar-refractivity contribution is 0.341. The van der Waals surface area contributed by atoms with Gasteiger partial charge in [0.25, 0.3) is 0 Å². The Balaban J connectivity index is 2.47. The molecule has 0 amide bonds. The normalized spacial score (nSPS) is 12.7. The highest BCUT2D eigenvalue weighted by atomic mass is 32.3. The Morgan fingerprint density at radius 3 is 1.71 bits per heavy atom. The van der Waals surface area contributed by atoms with Crippen LogP contribution in [0.4, 0.5) is 4.39 Å². The summed E-state index contributed by atoms with van der Waals surface area (Å²) in [6, 6.07) is 17.4. The Labute approximate surface area is 181 Å². The van der Waals surface area contributed by atoms with Crippen LogP contribution in [0, 0.1) is 0 Å². The van der Waals surface area contributed by atoms with Gasteiger partial charge in [0, 0.05) is 0 Å². The van der Waals surface area contributed by atoms with Gasteiger partial charge in [0.1, 0.15) is 5.75 Å². The van der Waals surface area contributed by atoms with Crippen molar-refractivity contribution in [3.8, 4) is 5.75 Å². The van der Waals surface area contributed by atoms with E-state index < -0.39 is 39.4 Å². The van der Waals surface area contributed by atoms with Gasteiger partial charge in [-0.2, -0.15) is 0 Å². The van der Waals surface area contributed by atoms with E-state index in [2.05, 4.69) is 0 Å². The van der Waals surface area contributed by atoms with Crippen LogP contribution in [0.5, 0.6) is 5.75 Å². The van der Waals surface area contributed by atoms with Crippen molar-refractivity contribution in [2.45, 2.75) is 21.0 Å². The summed E-state index contributed by atoms with van der Waals surface area (Å²) in [7, 11) is -8.94. The minimum atomic E-state index is -5.08. The Bertz CT molecular complexity index is 1230. The number of sulfone groups is 2. The molecule has 3 aromatic rings. The van der Waals surface area contributed by atoms with Crippen molar-refractivity contribution in [2.75, 3.05) is 7.11 Å². The second-order valence-corrected chi connectivity index (χ2v) is 11.0. The van der Waals surface area contributed by atoms with Gasteiger partial charge in [-0.05, 0) is 48.9 Å². The molecule has 31 heavy (non-hydrogen) atoms. The lowest BCUT2D eigenvalue weighted by Crippen LogP contribution is -2.40. The summed E-state index contributed by atoms with van der Waals surface area (Å²) in [6.45, 7) is 1.73. The maximum Gasteiger partial charge on any atom is 0.346 e. The molecule has 0 aliphatic heterocycles. The van der Waals surface area contributed by atoms with Gasteiger partial charge in [0.05, 0.1) is 22.5 Å². The molecular weight excluding hydrogens is 439 g/mol. The number of hydrogen-bond donors (Lipinski definition) is 0. The molecular formula is C23H21FO5S2. The maximum atomic E-state index is 17.0. The standard InChI is InChI=1S/C23H21FO5S2/c1-3-10-18-15-16-22(29-2)21(17-18)23(24,30(25,26)19-11-6-4-7-12-19)31(27,28)20-13-8-5-9-14-20/h3-17H,1-2H3. The summed E-state index contributed by atoms with van der Waals surface area (Å²) in [5, 5.41) is 0. The highest BCUT2D eigenvalue weighted by Gasteiger charge is 2.60. The van der Waals surface area contributed by atoms with E-state index in [1.165, 1.54) is 43.5 Å². The van der Waals surface area contributed by atoms with Gasteiger partial charge < -0.3 is 4.74 Å². The van der Waals surface area contributed by atoms with E-state index in [-0.39, 0.29) is 5.75 Å². The Kier molecular flexibility index (Phi) is 6.33. The molecule has 0 spiro atoms. The molecule has 0 fully saturated rings. The van der Waals surface area contributed by atoms with E-state index in [4.69, 9.17) is 4.74 Å². The van der Waals surface area contributed by atoms with Crippen molar-refractivity contribution in [1.82, 2.24) is 0 Å². The fraction of sp³-hybridized carbons (Fsp3) is 0.130. The average Bonchev–Trinajstić information content (AvgIpc) is 2.79. The molecule has 0 radical (unpaired) electrons. The van der Waals surface area contributed by atoms with Gasteiger partial charge in [-0.3, -0.25) is 0 Å². The number of ether oxygens (including phenoxy) is 1. The van der Waals surface area contributed by atoms with E-state index >= 15 is 4.39 Å². The Hall–Kier alpha value is -2.97. The van der Waals surface area contributed by atoms with Crippen LogP contribution < -0.4 is 4.74 Å². The number of allylic oxidation sites excluding steroid dienone is 1. The molecule has 0 aliphatic rings. The molecule has 0 saturated carbocycles. The van der Waals surface area contributed by atoms with E-state index in [1.54, 1.807) is 37.3 Å². The molecule has 0 bridgehead atoms. The van der Waals surface area contributed by atoms with Crippen molar-refractivity contribution in [2.24, 2.45) is 0 Å². The smallest absolute Gasteiger partial charge is 0.346 e. The third kappa shape index (κ3) is 3.77. The molecule has 0 unspecified atom stereocenters. The van der Waals surface area contributed by atoms with Crippen LogP contribution in [-0.2, 0) is 24.0 Å². The van der Waals surface area contributed by atoms with Crippen LogP contribution >= 0.6 is 0 Å². The lowest BCUT2D eigenvalue weighted by atomic mass is 10.1. The highest BCUT2D eigenvalue weighted by Crippen LogP contribution is 2.48. The van der Waals surface area contributed by atoms with Crippen molar-refractivity contribution in [3.05, 3.63) is 96.1 Å². The van der Waals surface area contributed by atoms with Crippen molar-refractivity contribution < 1.29 is 26.0 Å². The number of methoxy groups -OCH3 is 1. The molecule has 0 heterocycles. The summed E-state index contributed by atoms with van der Waals surface area (Å²) < 4.78 is 72.7. The van der Waals surface area contributed by atoms with Gasteiger partial charge in [-0.25, -0.2) is 21.2 Å². The number of benzene rings is 3. The largest absolute Gasteiger partial charge is 0.496 e. The van der Waals surface area contributed by atoms with Gasteiger partial charge >= 0.3 is 4.33 Å². The first-order valence-electron chi connectivity index (χ1n) is 9.29. The average molecular weight is 461 g/mol. The molecule has 3 aromatic carbocycles. The second-order valence-electron chi connectivity index (χ2n) is 6.63. The van der Waals surface area contributed by atoms with Gasteiger partial charge in [0.2, 0.25) is 19.7 Å². The molecule has 0 aliphatic carbocycles. The molecule has 8 heteroatoms. The van der Waals surface area contributed by atoms with Gasteiger partial charge in [0.15, 0.2) is 0 Å². The number of rotatable bonds is 7.